The van der Waals surface area contributed by atoms with Gasteiger partial charge in [0.25, 0.3) is 0 Å². The van der Waals surface area contributed by atoms with Gasteiger partial charge in [0, 0.05) is 6.20 Å². The molecule has 0 atom stereocenters. The Morgan fingerprint density at radius 3 is 2.89 bits per heavy atom. The summed E-state index contributed by atoms with van der Waals surface area (Å²) in [5.74, 6) is -2.18. The van der Waals surface area contributed by atoms with Crippen LogP contribution in [0.15, 0.2) is 18.3 Å². The van der Waals surface area contributed by atoms with Crippen LogP contribution in [-0.2, 0) is 0 Å². The lowest BCUT2D eigenvalue weighted by Crippen LogP contribution is -1.98. The standard InChI is InChI=1S/C10H5ClF2N6/c11-6-1-2-7(12)8(13)9(6)15-4-5(3-14)10-16-18-19-17-10/h1-2,4,15H,(H,16,17,18,19). The highest BCUT2D eigenvalue weighted by Crippen LogP contribution is 2.27. The van der Waals surface area contributed by atoms with Gasteiger partial charge >= 0.3 is 0 Å². The molecule has 0 spiro atoms. The Morgan fingerprint density at radius 1 is 1.47 bits per heavy atom. The second-order valence-electron chi connectivity index (χ2n) is 3.27. The Morgan fingerprint density at radius 2 is 2.26 bits per heavy atom. The molecule has 0 fully saturated rings. The second-order valence-corrected chi connectivity index (χ2v) is 3.67. The highest BCUT2D eigenvalue weighted by molar-refractivity contribution is 6.33. The fourth-order valence-electron chi connectivity index (χ4n) is 1.23. The van der Waals surface area contributed by atoms with Gasteiger partial charge in [0.05, 0.1) is 10.7 Å². The maximum absolute atomic E-state index is 13.5. The first-order valence-electron chi connectivity index (χ1n) is 4.87. The van der Waals surface area contributed by atoms with E-state index in [4.69, 9.17) is 16.9 Å². The Labute approximate surface area is 110 Å². The molecule has 0 aliphatic heterocycles. The highest BCUT2D eigenvalue weighted by Gasteiger charge is 2.12. The molecule has 2 N–H and O–H groups in total. The molecular weight excluding hydrogens is 278 g/mol. The van der Waals surface area contributed by atoms with Crippen molar-refractivity contribution in [3.05, 3.63) is 40.8 Å². The molecule has 1 aromatic heterocycles. The van der Waals surface area contributed by atoms with Crippen LogP contribution in [-0.4, -0.2) is 20.6 Å². The quantitative estimate of drug-likeness (QED) is 0.664. The number of hydrogen-bond donors (Lipinski definition) is 2. The number of hydrogen-bond acceptors (Lipinski definition) is 5. The van der Waals surface area contributed by atoms with Gasteiger partial charge in [-0.25, -0.2) is 8.78 Å². The van der Waals surface area contributed by atoms with Crippen LogP contribution in [0.25, 0.3) is 5.57 Å². The summed E-state index contributed by atoms with van der Waals surface area (Å²) in [6.07, 6.45) is 1.11. The summed E-state index contributed by atoms with van der Waals surface area (Å²) in [7, 11) is 0. The zero-order valence-electron chi connectivity index (χ0n) is 9.15. The molecule has 6 nitrogen and oxygen atoms in total. The summed E-state index contributed by atoms with van der Waals surface area (Å²) >= 11 is 5.72. The first-order valence-corrected chi connectivity index (χ1v) is 5.25. The lowest BCUT2D eigenvalue weighted by molar-refractivity contribution is 0.512. The number of benzene rings is 1. The maximum Gasteiger partial charge on any atom is 0.216 e. The van der Waals surface area contributed by atoms with Crippen LogP contribution >= 0.6 is 11.6 Å². The third kappa shape index (κ3) is 2.66. The molecular formula is C10H5ClF2N6. The third-order valence-corrected chi connectivity index (χ3v) is 2.43. The summed E-state index contributed by atoms with van der Waals surface area (Å²) in [6, 6.07) is 3.87. The van der Waals surface area contributed by atoms with Crippen LogP contribution in [0.2, 0.25) is 5.02 Å². The van der Waals surface area contributed by atoms with Crippen LogP contribution in [0.5, 0.6) is 0 Å². The number of aromatic amines is 1. The normalized spacial score (nSPS) is 11.2. The van der Waals surface area contributed by atoms with Crippen LogP contribution < -0.4 is 5.32 Å². The SMILES string of the molecule is N#CC(=CNc1c(Cl)ccc(F)c1F)c1nn[nH]n1. The zero-order chi connectivity index (χ0) is 13.8. The molecule has 0 radical (unpaired) electrons. The minimum Gasteiger partial charge on any atom is -0.357 e. The number of nitriles is 1. The molecule has 0 saturated carbocycles. The lowest BCUT2D eigenvalue weighted by Gasteiger charge is -2.06. The molecule has 0 aliphatic rings. The van der Waals surface area contributed by atoms with E-state index in [0.29, 0.717) is 0 Å². The van der Waals surface area contributed by atoms with E-state index in [1.165, 1.54) is 6.07 Å². The van der Waals surface area contributed by atoms with E-state index >= 15 is 0 Å². The van der Waals surface area contributed by atoms with Crippen molar-refractivity contribution in [1.82, 2.24) is 20.6 Å². The number of nitrogens with one attached hydrogen (secondary N) is 2. The fourth-order valence-corrected chi connectivity index (χ4v) is 1.43. The topological polar surface area (TPSA) is 90.3 Å². The Kier molecular flexibility index (Phi) is 3.68. The maximum atomic E-state index is 13.5. The van der Waals surface area contributed by atoms with Crippen molar-refractivity contribution in [3.63, 3.8) is 0 Å². The highest BCUT2D eigenvalue weighted by atomic mass is 35.5. The lowest BCUT2D eigenvalue weighted by atomic mass is 10.2. The van der Waals surface area contributed by atoms with E-state index in [-0.39, 0.29) is 22.1 Å². The molecule has 2 rings (SSSR count). The largest absolute Gasteiger partial charge is 0.357 e. The van der Waals surface area contributed by atoms with E-state index in [1.54, 1.807) is 6.07 Å². The van der Waals surface area contributed by atoms with Crippen LogP contribution in [0.3, 0.4) is 0 Å². The number of aromatic nitrogens is 4. The van der Waals surface area contributed by atoms with Gasteiger partial charge in [-0.1, -0.05) is 11.6 Å². The van der Waals surface area contributed by atoms with Gasteiger partial charge in [0.2, 0.25) is 5.82 Å². The van der Waals surface area contributed by atoms with E-state index in [9.17, 15) is 8.78 Å². The number of allylic oxidation sites excluding steroid dienone is 1. The number of nitrogens with zero attached hydrogens (tertiary/aromatic N) is 4. The van der Waals surface area contributed by atoms with Gasteiger partial charge in [0.1, 0.15) is 11.6 Å². The van der Waals surface area contributed by atoms with Gasteiger partial charge in [0.15, 0.2) is 11.6 Å². The molecule has 19 heavy (non-hydrogen) atoms. The van der Waals surface area contributed by atoms with Crippen LogP contribution in [0, 0.1) is 23.0 Å². The smallest absolute Gasteiger partial charge is 0.216 e. The summed E-state index contributed by atoms with van der Waals surface area (Å²) in [4.78, 5) is 0. The van der Waals surface area contributed by atoms with E-state index in [0.717, 1.165) is 12.3 Å². The predicted molar refractivity (Wildman–Crippen MR) is 62.8 cm³/mol. The van der Waals surface area contributed by atoms with Crippen molar-refractivity contribution in [2.24, 2.45) is 0 Å². The molecule has 96 valence electrons. The minimum atomic E-state index is -1.14. The molecule has 2 aromatic rings. The van der Waals surface area contributed by atoms with Gasteiger partial charge < -0.3 is 5.32 Å². The first-order chi connectivity index (χ1) is 9.13. The Hall–Kier alpha value is -2.53. The van der Waals surface area contributed by atoms with E-state index in [1.807, 2.05) is 0 Å². The van der Waals surface area contributed by atoms with E-state index in [2.05, 4.69) is 25.9 Å². The molecule has 9 heteroatoms. The first kappa shape index (κ1) is 12.9. The average molecular weight is 283 g/mol. The molecule has 0 amide bonds. The molecule has 0 saturated heterocycles. The molecule has 0 bridgehead atoms. The molecule has 0 aliphatic carbocycles. The summed E-state index contributed by atoms with van der Waals surface area (Å²) in [5, 5.41) is 23.9. The van der Waals surface area contributed by atoms with E-state index < -0.39 is 11.6 Å². The summed E-state index contributed by atoms with van der Waals surface area (Å²) in [5.41, 5.74) is -0.300. The van der Waals surface area contributed by atoms with Crippen LogP contribution in [0.1, 0.15) is 5.82 Å². The summed E-state index contributed by atoms with van der Waals surface area (Å²) < 4.78 is 26.5. The van der Waals surface area contributed by atoms with Crippen molar-refractivity contribution in [2.75, 3.05) is 5.32 Å². The fraction of sp³-hybridized carbons (Fsp3) is 0. The summed E-state index contributed by atoms with van der Waals surface area (Å²) in [6.45, 7) is 0. The predicted octanol–water partition coefficient (Wildman–Crippen LogP) is 2.11. The Balaban J connectivity index is 2.32. The Bertz CT molecular complexity index is 661. The number of halogens is 3. The van der Waals surface area contributed by atoms with Crippen molar-refractivity contribution >= 4 is 22.9 Å². The van der Waals surface area contributed by atoms with Crippen molar-refractivity contribution in [1.29, 1.82) is 5.26 Å². The number of H-pyrrole nitrogens is 1. The molecule has 0 unspecified atom stereocenters. The zero-order valence-corrected chi connectivity index (χ0v) is 9.91. The monoisotopic (exact) mass is 282 g/mol. The molecule has 1 heterocycles. The van der Waals surface area contributed by atoms with Crippen molar-refractivity contribution < 1.29 is 8.78 Å². The average Bonchev–Trinajstić information content (AvgIpc) is 2.92. The van der Waals surface area contributed by atoms with Gasteiger partial charge in [-0.2, -0.15) is 10.5 Å². The second kappa shape index (κ2) is 5.41. The van der Waals surface area contributed by atoms with Crippen molar-refractivity contribution in [2.45, 2.75) is 0 Å². The van der Waals surface area contributed by atoms with Crippen molar-refractivity contribution in [3.8, 4) is 6.07 Å². The third-order valence-electron chi connectivity index (χ3n) is 2.11. The molecule has 1 aromatic carbocycles. The minimum absolute atomic E-state index is 0.0166. The number of rotatable bonds is 3. The van der Waals surface area contributed by atoms with Crippen LogP contribution in [0.4, 0.5) is 14.5 Å². The van der Waals surface area contributed by atoms with Gasteiger partial charge in [-0.15, -0.1) is 10.2 Å². The van der Waals surface area contributed by atoms with Gasteiger partial charge in [-0.05, 0) is 17.3 Å². The van der Waals surface area contributed by atoms with Gasteiger partial charge in [-0.3, -0.25) is 0 Å². The number of anilines is 1. The number of tetrazole rings is 1.